The van der Waals surface area contributed by atoms with E-state index in [-0.39, 0.29) is 4.90 Å². The molecule has 3 aromatic rings. The lowest BCUT2D eigenvalue weighted by Crippen LogP contribution is -2.38. The van der Waals surface area contributed by atoms with E-state index >= 15 is 0 Å². The average molecular weight is 511 g/mol. The van der Waals surface area contributed by atoms with E-state index in [1.807, 2.05) is 20.8 Å². The van der Waals surface area contributed by atoms with Gasteiger partial charge in [-0.25, -0.2) is 8.42 Å². The van der Waals surface area contributed by atoms with Crippen LogP contribution in [0.3, 0.4) is 0 Å². The molecule has 0 bridgehead atoms. The maximum Gasteiger partial charge on any atom is 0.264 e. The summed E-state index contributed by atoms with van der Waals surface area (Å²) in [5.74, 6) is -0.530. The molecule has 3 rings (SSSR count). The van der Waals surface area contributed by atoms with Crippen LogP contribution in [0.1, 0.15) is 25.0 Å². The first-order chi connectivity index (χ1) is 15.1. The maximum absolute atomic E-state index is 13.5. The molecule has 0 spiro atoms. The summed E-state index contributed by atoms with van der Waals surface area (Å²) in [6.07, 6.45) is 0. The van der Waals surface area contributed by atoms with Crippen LogP contribution in [0.5, 0.6) is 0 Å². The third-order valence-electron chi connectivity index (χ3n) is 4.33. The van der Waals surface area contributed by atoms with Crippen molar-refractivity contribution in [1.29, 1.82) is 0 Å². The lowest BCUT2D eigenvalue weighted by Gasteiger charge is -2.25. The first-order valence-corrected chi connectivity index (χ1v) is 13.2. The highest BCUT2D eigenvalue weighted by atomic mass is 35.5. The van der Waals surface area contributed by atoms with Gasteiger partial charge in [0.2, 0.25) is 11.0 Å². The van der Waals surface area contributed by atoms with E-state index in [4.69, 9.17) is 11.6 Å². The SMILES string of the molecule is Cc1ccc(S(=O)(=O)N(CC(=O)Nc2nnc(SC(C)C)s2)c2cc(Cl)ccc2C)cc1. The second-order valence-electron chi connectivity index (χ2n) is 7.34. The average Bonchev–Trinajstić information content (AvgIpc) is 3.14. The minimum atomic E-state index is -4.03. The van der Waals surface area contributed by atoms with Crippen molar-refractivity contribution in [3.63, 3.8) is 0 Å². The van der Waals surface area contributed by atoms with E-state index in [2.05, 4.69) is 15.5 Å². The number of aromatic nitrogens is 2. The van der Waals surface area contributed by atoms with Crippen LogP contribution < -0.4 is 9.62 Å². The number of sulfonamides is 1. The molecule has 32 heavy (non-hydrogen) atoms. The summed E-state index contributed by atoms with van der Waals surface area (Å²) in [5.41, 5.74) is 1.93. The van der Waals surface area contributed by atoms with E-state index < -0.39 is 22.5 Å². The molecular weight excluding hydrogens is 488 g/mol. The zero-order valence-electron chi connectivity index (χ0n) is 18.0. The molecule has 1 aromatic heterocycles. The minimum Gasteiger partial charge on any atom is -0.299 e. The van der Waals surface area contributed by atoms with Crippen molar-refractivity contribution in [2.75, 3.05) is 16.2 Å². The van der Waals surface area contributed by atoms with Crippen LogP contribution in [0.2, 0.25) is 5.02 Å². The van der Waals surface area contributed by atoms with E-state index in [1.54, 1.807) is 31.2 Å². The predicted molar refractivity (Wildman–Crippen MR) is 131 cm³/mol. The monoisotopic (exact) mass is 510 g/mol. The summed E-state index contributed by atoms with van der Waals surface area (Å²) in [6.45, 7) is 7.26. The third kappa shape index (κ3) is 6.00. The molecule has 1 N–H and O–H groups in total. The zero-order chi connectivity index (χ0) is 23.5. The summed E-state index contributed by atoms with van der Waals surface area (Å²) in [7, 11) is -4.03. The molecule has 0 atom stereocenters. The van der Waals surface area contributed by atoms with Gasteiger partial charge in [0.15, 0.2) is 4.34 Å². The Balaban J connectivity index is 1.92. The number of hydrogen-bond donors (Lipinski definition) is 1. The van der Waals surface area contributed by atoms with Crippen LogP contribution in [0.4, 0.5) is 10.8 Å². The van der Waals surface area contributed by atoms with Crippen LogP contribution in [0.25, 0.3) is 0 Å². The number of rotatable bonds is 8. The Hall–Kier alpha value is -2.14. The fourth-order valence-corrected chi connectivity index (χ4v) is 6.42. The molecule has 0 saturated heterocycles. The van der Waals surface area contributed by atoms with E-state index in [0.717, 1.165) is 14.2 Å². The first-order valence-electron chi connectivity index (χ1n) is 9.72. The smallest absolute Gasteiger partial charge is 0.264 e. The number of halogens is 1. The fourth-order valence-electron chi connectivity index (χ4n) is 2.79. The summed E-state index contributed by atoms with van der Waals surface area (Å²) in [6, 6.07) is 11.4. The van der Waals surface area contributed by atoms with Gasteiger partial charge >= 0.3 is 0 Å². The van der Waals surface area contributed by atoms with Crippen LogP contribution >= 0.6 is 34.7 Å². The third-order valence-corrected chi connectivity index (χ3v) is 8.26. The second kappa shape index (κ2) is 10.2. The molecular formula is C21H23ClN4O3S3. The zero-order valence-corrected chi connectivity index (χ0v) is 21.2. The molecule has 2 aromatic carbocycles. The number of amides is 1. The van der Waals surface area contributed by atoms with Crippen molar-refractivity contribution in [2.45, 2.75) is 42.2 Å². The van der Waals surface area contributed by atoms with Gasteiger partial charge < -0.3 is 0 Å². The molecule has 0 radical (unpaired) electrons. The summed E-state index contributed by atoms with van der Waals surface area (Å²) >= 11 is 8.93. The predicted octanol–water partition coefficient (Wildman–Crippen LogP) is 5.14. The van der Waals surface area contributed by atoms with Gasteiger partial charge in [-0.2, -0.15) is 0 Å². The number of anilines is 2. The standard InChI is InChI=1S/C21H23ClN4O3S3/c1-13(2)30-21-25-24-20(31-21)23-19(27)12-26(18-11-16(22)8-7-15(18)4)32(28,29)17-9-5-14(3)6-10-17/h5-11,13H,12H2,1-4H3,(H,23,24,27). The number of carbonyl (C=O) groups is 1. The van der Waals surface area contributed by atoms with Crippen LogP contribution in [-0.2, 0) is 14.8 Å². The van der Waals surface area contributed by atoms with Gasteiger partial charge in [-0.15, -0.1) is 10.2 Å². The molecule has 0 aliphatic rings. The molecule has 170 valence electrons. The van der Waals surface area contributed by atoms with Crippen LogP contribution in [-0.4, -0.2) is 36.3 Å². The molecule has 0 saturated carbocycles. The number of nitrogens with one attached hydrogen (secondary N) is 1. The van der Waals surface area contributed by atoms with E-state index in [9.17, 15) is 13.2 Å². The summed E-state index contributed by atoms with van der Waals surface area (Å²) in [4.78, 5) is 12.9. The number of hydrogen-bond acceptors (Lipinski definition) is 7. The lowest BCUT2D eigenvalue weighted by atomic mass is 10.2. The van der Waals surface area contributed by atoms with Crippen molar-refractivity contribution in [3.05, 3.63) is 58.6 Å². The number of aryl methyl sites for hydroxylation is 2. The largest absolute Gasteiger partial charge is 0.299 e. The van der Waals surface area contributed by atoms with Gasteiger partial charge in [-0.05, 0) is 43.7 Å². The minimum absolute atomic E-state index is 0.0850. The molecule has 1 heterocycles. The Morgan fingerprint density at radius 3 is 2.50 bits per heavy atom. The van der Waals surface area contributed by atoms with Crippen molar-refractivity contribution in [2.24, 2.45) is 0 Å². The normalized spacial score (nSPS) is 11.6. The van der Waals surface area contributed by atoms with Crippen molar-refractivity contribution < 1.29 is 13.2 Å². The highest BCUT2D eigenvalue weighted by Gasteiger charge is 2.29. The molecule has 0 fully saturated rings. The maximum atomic E-state index is 13.5. The molecule has 1 amide bonds. The Kier molecular flexibility index (Phi) is 7.81. The van der Waals surface area contributed by atoms with Gasteiger partial charge in [0, 0.05) is 10.3 Å². The number of thioether (sulfide) groups is 1. The Labute approximate surface area is 201 Å². The molecule has 0 aliphatic carbocycles. The Bertz CT molecular complexity index is 1210. The van der Waals surface area contributed by atoms with Gasteiger partial charge in [-0.3, -0.25) is 14.4 Å². The van der Waals surface area contributed by atoms with Crippen molar-refractivity contribution >= 4 is 61.4 Å². The topological polar surface area (TPSA) is 92.3 Å². The number of benzene rings is 2. The van der Waals surface area contributed by atoms with Gasteiger partial charge in [0.25, 0.3) is 10.0 Å². The lowest BCUT2D eigenvalue weighted by molar-refractivity contribution is -0.114. The quantitative estimate of drug-likeness (QED) is 0.333. The van der Waals surface area contributed by atoms with E-state index in [0.29, 0.717) is 26.7 Å². The number of carbonyl (C=O) groups excluding carboxylic acids is 1. The summed E-state index contributed by atoms with van der Waals surface area (Å²) < 4.78 is 28.8. The van der Waals surface area contributed by atoms with Crippen molar-refractivity contribution in [1.82, 2.24) is 10.2 Å². The molecule has 0 aliphatic heterocycles. The highest BCUT2D eigenvalue weighted by molar-refractivity contribution is 8.01. The van der Waals surface area contributed by atoms with E-state index in [1.165, 1.54) is 41.3 Å². The highest BCUT2D eigenvalue weighted by Crippen LogP contribution is 2.31. The Morgan fingerprint density at radius 2 is 1.84 bits per heavy atom. The van der Waals surface area contributed by atoms with Gasteiger partial charge in [0.05, 0.1) is 10.6 Å². The first kappa shape index (κ1) is 24.5. The molecule has 7 nitrogen and oxygen atoms in total. The van der Waals surface area contributed by atoms with Gasteiger partial charge in [0.1, 0.15) is 6.54 Å². The number of nitrogens with zero attached hydrogens (tertiary/aromatic N) is 3. The van der Waals surface area contributed by atoms with Crippen LogP contribution in [0.15, 0.2) is 51.7 Å². The molecule has 0 unspecified atom stereocenters. The van der Waals surface area contributed by atoms with Crippen LogP contribution in [0, 0.1) is 13.8 Å². The van der Waals surface area contributed by atoms with Crippen molar-refractivity contribution in [3.8, 4) is 0 Å². The van der Waals surface area contributed by atoms with Gasteiger partial charge in [-0.1, -0.05) is 72.3 Å². The fraction of sp³-hybridized carbons (Fsp3) is 0.286. The Morgan fingerprint density at radius 1 is 1.16 bits per heavy atom. The summed E-state index contributed by atoms with van der Waals surface area (Å²) in [5, 5.41) is 11.7. The molecule has 11 heteroatoms. The second-order valence-corrected chi connectivity index (χ2v) is 12.4.